The maximum atomic E-state index is 8.43. The molecule has 0 unspecified atom stereocenters. The third kappa shape index (κ3) is 12.3. The van der Waals surface area contributed by atoms with Crippen LogP contribution in [-0.4, -0.2) is 30.0 Å². The van der Waals surface area contributed by atoms with Crippen LogP contribution in [0.25, 0.3) is 0 Å². The zero-order chi connectivity index (χ0) is 9.78. The summed E-state index contributed by atoms with van der Waals surface area (Å²) in [7, 11) is 0. The van der Waals surface area contributed by atoms with Crippen molar-refractivity contribution in [1.29, 1.82) is 0 Å². The predicted molar refractivity (Wildman–Crippen MR) is 59.1 cm³/mol. The van der Waals surface area contributed by atoms with Crippen LogP contribution in [0.15, 0.2) is 0 Å². The second kappa shape index (κ2) is 12.3. The lowest BCUT2D eigenvalue weighted by Gasteiger charge is -2.02. The summed E-state index contributed by atoms with van der Waals surface area (Å²) in [6.07, 6.45) is 6.70. The first-order chi connectivity index (χ1) is 6.41. The molecule has 0 spiro atoms. The standard InChI is InChI=1S/C10H22O2S/c1-2-3-4-5-6-9-13-10-12-8-7-11/h11H,2-10H2,1H3. The quantitative estimate of drug-likeness (QED) is 0.440. The molecule has 0 saturated heterocycles. The number of thioether (sulfide) groups is 1. The highest BCUT2D eigenvalue weighted by Crippen LogP contribution is 2.08. The molecule has 3 heteroatoms. The number of rotatable bonds is 10. The molecule has 80 valence electrons. The van der Waals surface area contributed by atoms with Crippen LogP contribution in [0, 0.1) is 0 Å². The van der Waals surface area contributed by atoms with Crippen LogP contribution in [0.4, 0.5) is 0 Å². The Bertz CT molecular complexity index is 79.0. The highest BCUT2D eigenvalue weighted by atomic mass is 32.2. The van der Waals surface area contributed by atoms with Gasteiger partial charge in [-0.25, -0.2) is 0 Å². The van der Waals surface area contributed by atoms with Crippen LogP contribution >= 0.6 is 11.8 Å². The Hall–Kier alpha value is 0.270. The van der Waals surface area contributed by atoms with Gasteiger partial charge in [-0.2, -0.15) is 0 Å². The Balaban J connectivity index is 2.76. The second-order valence-corrected chi connectivity index (χ2v) is 4.12. The first-order valence-corrected chi connectivity index (χ1v) is 6.33. The average molecular weight is 206 g/mol. The highest BCUT2D eigenvalue weighted by molar-refractivity contribution is 7.99. The molecule has 0 radical (unpaired) electrons. The van der Waals surface area contributed by atoms with Gasteiger partial charge in [0, 0.05) is 0 Å². The Morgan fingerprint density at radius 1 is 1.15 bits per heavy atom. The van der Waals surface area contributed by atoms with Crippen molar-refractivity contribution in [2.24, 2.45) is 0 Å². The number of unbranched alkanes of at least 4 members (excludes halogenated alkanes) is 4. The third-order valence-corrected chi connectivity index (χ3v) is 2.71. The average Bonchev–Trinajstić information content (AvgIpc) is 2.16. The molecule has 13 heavy (non-hydrogen) atoms. The molecule has 0 fully saturated rings. The SMILES string of the molecule is CCCCCCCSCOCCO. The first kappa shape index (κ1) is 13.3. The molecule has 0 atom stereocenters. The summed E-state index contributed by atoms with van der Waals surface area (Å²) < 4.78 is 5.12. The van der Waals surface area contributed by atoms with Crippen LogP contribution in [0.5, 0.6) is 0 Å². The van der Waals surface area contributed by atoms with Gasteiger partial charge in [0.15, 0.2) is 0 Å². The van der Waals surface area contributed by atoms with Gasteiger partial charge in [-0.05, 0) is 12.2 Å². The van der Waals surface area contributed by atoms with Crippen molar-refractivity contribution >= 4 is 11.8 Å². The van der Waals surface area contributed by atoms with E-state index in [0.717, 1.165) is 5.94 Å². The van der Waals surface area contributed by atoms with Crippen molar-refractivity contribution in [1.82, 2.24) is 0 Å². The van der Waals surface area contributed by atoms with Crippen molar-refractivity contribution in [2.45, 2.75) is 39.0 Å². The molecule has 0 aromatic heterocycles. The van der Waals surface area contributed by atoms with Gasteiger partial charge < -0.3 is 9.84 Å². The lowest BCUT2D eigenvalue weighted by atomic mass is 10.2. The van der Waals surface area contributed by atoms with E-state index in [4.69, 9.17) is 9.84 Å². The summed E-state index contributed by atoms with van der Waals surface area (Å²) in [5, 5.41) is 8.43. The van der Waals surface area contributed by atoms with Gasteiger partial charge in [0.2, 0.25) is 0 Å². The Labute approximate surface area is 86.1 Å². The maximum absolute atomic E-state index is 8.43. The van der Waals surface area contributed by atoms with Crippen molar-refractivity contribution in [3.63, 3.8) is 0 Å². The zero-order valence-corrected chi connectivity index (χ0v) is 9.44. The smallest absolute Gasteiger partial charge is 0.0922 e. The van der Waals surface area contributed by atoms with Crippen LogP contribution in [0.1, 0.15) is 39.0 Å². The Morgan fingerprint density at radius 2 is 1.92 bits per heavy atom. The summed E-state index contributed by atoms with van der Waals surface area (Å²) in [6, 6.07) is 0. The van der Waals surface area contributed by atoms with Crippen molar-refractivity contribution in [3.05, 3.63) is 0 Å². The predicted octanol–water partition coefficient (Wildman–Crippen LogP) is 2.66. The van der Waals surface area contributed by atoms with E-state index in [-0.39, 0.29) is 6.61 Å². The largest absolute Gasteiger partial charge is 0.394 e. The summed E-state index contributed by atoms with van der Waals surface area (Å²) in [4.78, 5) is 0. The molecule has 0 heterocycles. The lowest BCUT2D eigenvalue weighted by Crippen LogP contribution is -1.98. The van der Waals surface area contributed by atoms with E-state index < -0.39 is 0 Å². The van der Waals surface area contributed by atoms with E-state index >= 15 is 0 Å². The number of ether oxygens (including phenoxy) is 1. The molecule has 0 amide bonds. The third-order valence-electron chi connectivity index (χ3n) is 1.79. The molecule has 1 N–H and O–H groups in total. The summed E-state index contributed by atoms with van der Waals surface area (Å²) in [6.45, 7) is 2.84. The minimum atomic E-state index is 0.136. The topological polar surface area (TPSA) is 29.5 Å². The van der Waals surface area contributed by atoms with Crippen LogP contribution in [0.2, 0.25) is 0 Å². The van der Waals surface area contributed by atoms with Crippen molar-refractivity contribution in [2.75, 3.05) is 24.9 Å². The molecule has 2 nitrogen and oxygen atoms in total. The van der Waals surface area contributed by atoms with Gasteiger partial charge in [0.05, 0.1) is 19.2 Å². The lowest BCUT2D eigenvalue weighted by molar-refractivity contribution is 0.125. The maximum Gasteiger partial charge on any atom is 0.0922 e. The summed E-state index contributed by atoms with van der Waals surface area (Å²) in [5.41, 5.74) is 0. The number of hydrogen-bond acceptors (Lipinski definition) is 3. The van der Waals surface area contributed by atoms with Gasteiger partial charge in [-0.3, -0.25) is 0 Å². The molecular weight excluding hydrogens is 184 g/mol. The molecule has 0 aliphatic carbocycles. The molecule has 0 bridgehead atoms. The van der Waals surface area contributed by atoms with Crippen LogP contribution < -0.4 is 0 Å². The molecule has 0 rings (SSSR count). The normalized spacial score (nSPS) is 10.6. The van der Waals surface area contributed by atoms with Gasteiger partial charge in [-0.15, -0.1) is 11.8 Å². The molecule has 0 aromatic carbocycles. The van der Waals surface area contributed by atoms with E-state index in [1.165, 1.54) is 37.9 Å². The Morgan fingerprint density at radius 3 is 2.62 bits per heavy atom. The van der Waals surface area contributed by atoms with Gasteiger partial charge >= 0.3 is 0 Å². The minimum absolute atomic E-state index is 0.136. The number of aliphatic hydroxyl groups is 1. The molecule has 0 aromatic rings. The number of aliphatic hydroxyl groups excluding tert-OH is 1. The first-order valence-electron chi connectivity index (χ1n) is 5.18. The van der Waals surface area contributed by atoms with E-state index in [1.54, 1.807) is 0 Å². The van der Waals surface area contributed by atoms with E-state index in [1.807, 2.05) is 11.8 Å². The fraction of sp³-hybridized carbons (Fsp3) is 1.00. The van der Waals surface area contributed by atoms with E-state index in [9.17, 15) is 0 Å². The minimum Gasteiger partial charge on any atom is -0.394 e. The summed E-state index contributed by atoms with van der Waals surface area (Å²) in [5.74, 6) is 1.92. The van der Waals surface area contributed by atoms with Gasteiger partial charge in [-0.1, -0.05) is 32.6 Å². The second-order valence-electron chi connectivity index (χ2n) is 3.07. The number of hydrogen-bond donors (Lipinski definition) is 1. The summed E-state index contributed by atoms with van der Waals surface area (Å²) >= 11 is 1.82. The highest BCUT2D eigenvalue weighted by Gasteiger charge is 1.90. The van der Waals surface area contributed by atoms with Crippen LogP contribution in [0.3, 0.4) is 0 Å². The van der Waals surface area contributed by atoms with Crippen molar-refractivity contribution < 1.29 is 9.84 Å². The van der Waals surface area contributed by atoms with Crippen molar-refractivity contribution in [3.8, 4) is 0 Å². The molecule has 0 aliphatic rings. The Kier molecular flexibility index (Phi) is 12.5. The molecule has 0 aliphatic heterocycles. The zero-order valence-electron chi connectivity index (χ0n) is 8.63. The molecule has 0 saturated carbocycles. The fourth-order valence-corrected chi connectivity index (χ4v) is 1.81. The fourth-order valence-electron chi connectivity index (χ4n) is 1.05. The monoisotopic (exact) mass is 206 g/mol. The van der Waals surface area contributed by atoms with E-state index in [0.29, 0.717) is 6.61 Å². The van der Waals surface area contributed by atoms with E-state index in [2.05, 4.69) is 6.92 Å². The van der Waals surface area contributed by atoms with Gasteiger partial charge in [0.25, 0.3) is 0 Å². The van der Waals surface area contributed by atoms with Gasteiger partial charge in [0.1, 0.15) is 0 Å². The molecular formula is C10H22O2S. The van der Waals surface area contributed by atoms with Crippen LogP contribution in [-0.2, 0) is 4.74 Å².